The zero-order valence-corrected chi connectivity index (χ0v) is 15.8. The normalized spacial score (nSPS) is 17.9. The highest BCUT2D eigenvalue weighted by atomic mass is 32.2. The molecule has 1 unspecified atom stereocenters. The van der Waals surface area contributed by atoms with Gasteiger partial charge in [0.25, 0.3) is 5.91 Å². The maximum atomic E-state index is 12.8. The van der Waals surface area contributed by atoms with Crippen LogP contribution in [0.4, 0.5) is 5.88 Å². The first kappa shape index (κ1) is 18.7. The number of fused-ring (bicyclic) bond motifs is 2. The van der Waals surface area contributed by atoms with Gasteiger partial charge in [-0.25, -0.2) is 5.01 Å². The molecule has 0 bridgehead atoms. The van der Waals surface area contributed by atoms with E-state index in [1.165, 1.54) is 23.9 Å². The van der Waals surface area contributed by atoms with Gasteiger partial charge < -0.3 is 4.42 Å². The average molecular weight is 409 g/mol. The van der Waals surface area contributed by atoms with Crippen molar-refractivity contribution in [2.24, 2.45) is 10.1 Å². The van der Waals surface area contributed by atoms with Gasteiger partial charge in [0, 0.05) is 11.0 Å². The summed E-state index contributed by atoms with van der Waals surface area (Å²) < 4.78 is 5.15. The van der Waals surface area contributed by atoms with Crippen LogP contribution < -0.4 is 15.9 Å². The molecule has 10 heteroatoms. The number of carbonyl (C=O) groups excluding carboxylic acids is 1. The molecule has 0 aliphatic carbocycles. The van der Waals surface area contributed by atoms with Crippen molar-refractivity contribution in [3.05, 3.63) is 81.6 Å². The first-order valence-electron chi connectivity index (χ1n) is 8.59. The highest BCUT2D eigenvalue weighted by Crippen LogP contribution is 2.23. The minimum Gasteiger partial charge on any atom is -0.401 e. The van der Waals surface area contributed by atoms with Crippen molar-refractivity contribution in [1.82, 2.24) is 10.3 Å². The molecule has 2 aliphatic heterocycles. The fraction of sp³-hybridized carbons (Fsp3) is 0.105. The van der Waals surface area contributed by atoms with Crippen molar-refractivity contribution in [3.63, 3.8) is 0 Å². The Morgan fingerprint density at radius 2 is 2.17 bits per heavy atom. The first-order valence-corrected chi connectivity index (χ1v) is 9.58. The number of amides is 1. The molecular formula is C19H15N5O4S. The number of hydrogen-bond donors (Lipinski definition) is 1. The zero-order chi connectivity index (χ0) is 20.4. The number of rotatable bonds is 5. The van der Waals surface area contributed by atoms with Crippen LogP contribution >= 0.6 is 11.8 Å². The van der Waals surface area contributed by atoms with Crippen LogP contribution in [0.3, 0.4) is 0 Å². The molecule has 2 aliphatic rings. The Labute approximate surface area is 168 Å². The van der Waals surface area contributed by atoms with Crippen molar-refractivity contribution in [2.45, 2.75) is 6.17 Å². The Bertz CT molecular complexity index is 1180. The van der Waals surface area contributed by atoms with E-state index >= 15 is 0 Å². The number of thioether (sulfide) groups is 1. The lowest BCUT2D eigenvalue weighted by molar-refractivity contribution is -0.402. The van der Waals surface area contributed by atoms with E-state index in [2.05, 4.69) is 22.0 Å². The number of furan rings is 1. The van der Waals surface area contributed by atoms with Crippen LogP contribution in [0.25, 0.3) is 11.8 Å². The summed E-state index contributed by atoms with van der Waals surface area (Å²) in [6, 6.07) is 10.1. The van der Waals surface area contributed by atoms with Crippen LogP contribution in [0.1, 0.15) is 5.76 Å². The van der Waals surface area contributed by atoms with Crippen LogP contribution in [-0.4, -0.2) is 32.9 Å². The van der Waals surface area contributed by atoms with E-state index in [1.807, 2.05) is 24.3 Å². The molecule has 4 rings (SSSR count). The third-order valence-electron chi connectivity index (χ3n) is 4.11. The van der Waals surface area contributed by atoms with Crippen LogP contribution in [0.2, 0.25) is 0 Å². The van der Waals surface area contributed by atoms with E-state index in [-0.39, 0.29) is 11.8 Å². The predicted octanol–water partition coefficient (Wildman–Crippen LogP) is 1.59. The maximum absolute atomic E-state index is 12.8. The predicted molar refractivity (Wildman–Crippen MR) is 109 cm³/mol. The molecule has 1 N–H and O–H groups in total. The Hall–Kier alpha value is -3.66. The zero-order valence-electron chi connectivity index (χ0n) is 15.0. The SMILES string of the molecule is C=CCSC1=NN2C(=c3ccccc3=NC2/C=C/c2ccc([N+](=O)[O-])o2)C(=O)N1. The molecule has 1 aromatic heterocycles. The van der Waals surface area contributed by atoms with Crippen molar-refractivity contribution in [3.8, 4) is 0 Å². The summed E-state index contributed by atoms with van der Waals surface area (Å²) >= 11 is 1.35. The molecular weight excluding hydrogens is 394 g/mol. The molecule has 146 valence electrons. The van der Waals surface area contributed by atoms with E-state index in [4.69, 9.17) is 4.42 Å². The third kappa shape index (κ3) is 3.69. The molecule has 0 saturated heterocycles. The van der Waals surface area contributed by atoms with Crippen LogP contribution in [0, 0.1) is 10.1 Å². The number of benzene rings is 1. The number of nitro groups is 1. The van der Waals surface area contributed by atoms with Gasteiger partial charge in [0.15, 0.2) is 11.3 Å². The molecule has 2 aromatic rings. The van der Waals surface area contributed by atoms with Gasteiger partial charge in [-0.3, -0.25) is 25.2 Å². The number of nitrogens with one attached hydrogen (secondary N) is 1. The van der Waals surface area contributed by atoms with Gasteiger partial charge in [-0.15, -0.1) is 11.7 Å². The fourth-order valence-electron chi connectivity index (χ4n) is 2.89. The maximum Gasteiger partial charge on any atom is 0.433 e. The number of hydrogen-bond acceptors (Lipinski definition) is 8. The summed E-state index contributed by atoms with van der Waals surface area (Å²) in [5.74, 6) is 0.272. The lowest BCUT2D eigenvalue weighted by atomic mass is 10.1. The molecule has 0 spiro atoms. The van der Waals surface area contributed by atoms with Crippen LogP contribution in [-0.2, 0) is 4.79 Å². The highest BCUT2D eigenvalue weighted by Gasteiger charge is 2.32. The summed E-state index contributed by atoms with van der Waals surface area (Å²) in [5.41, 5.74) is 0.388. The monoisotopic (exact) mass is 409 g/mol. The lowest BCUT2D eigenvalue weighted by Crippen LogP contribution is -2.52. The van der Waals surface area contributed by atoms with E-state index in [1.54, 1.807) is 23.2 Å². The molecule has 9 nitrogen and oxygen atoms in total. The third-order valence-corrected chi connectivity index (χ3v) is 4.97. The number of amidine groups is 1. The minimum atomic E-state index is -0.616. The second kappa shape index (κ2) is 7.76. The second-order valence-electron chi connectivity index (χ2n) is 6.00. The van der Waals surface area contributed by atoms with Crippen molar-refractivity contribution < 1.29 is 14.1 Å². The molecule has 0 fully saturated rings. The first-order chi connectivity index (χ1) is 14.1. The van der Waals surface area contributed by atoms with Crippen LogP contribution in [0.5, 0.6) is 0 Å². The average Bonchev–Trinajstić information content (AvgIpc) is 3.19. The largest absolute Gasteiger partial charge is 0.433 e. The number of para-hydroxylation sites is 1. The Balaban J connectivity index is 1.75. The number of carbonyl (C=O) groups is 1. The minimum absolute atomic E-state index is 0.277. The lowest BCUT2D eigenvalue weighted by Gasteiger charge is -2.32. The topological polar surface area (TPSA) is 113 Å². The van der Waals surface area contributed by atoms with Crippen molar-refractivity contribution in [1.29, 1.82) is 0 Å². The van der Waals surface area contributed by atoms with Crippen LogP contribution in [0.15, 0.2) is 69.6 Å². The van der Waals surface area contributed by atoms with E-state index < -0.39 is 11.1 Å². The second-order valence-corrected chi connectivity index (χ2v) is 7.01. The molecule has 0 saturated carbocycles. The van der Waals surface area contributed by atoms with Gasteiger partial charge in [-0.2, -0.15) is 0 Å². The summed E-state index contributed by atoms with van der Waals surface area (Å²) in [7, 11) is 0. The highest BCUT2D eigenvalue weighted by molar-refractivity contribution is 8.14. The van der Waals surface area contributed by atoms with Crippen molar-refractivity contribution in [2.75, 3.05) is 5.75 Å². The van der Waals surface area contributed by atoms with Gasteiger partial charge in [0.1, 0.15) is 16.4 Å². The smallest absolute Gasteiger partial charge is 0.401 e. The Morgan fingerprint density at radius 3 is 2.93 bits per heavy atom. The summed E-state index contributed by atoms with van der Waals surface area (Å²) in [5, 5.41) is 21.4. The summed E-state index contributed by atoms with van der Waals surface area (Å²) in [4.78, 5) is 27.6. The van der Waals surface area contributed by atoms with Gasteiger partial charge in [0.05, 0.1) is 11.4 Å². The molecule has 29 heavy (non-hydrogen) atoms. The van der Waals surface area contributed by atoms with Gasteiger partial charge >= 0.3 is 5.88 Å². The quantitative estimate of drug-likeness (QED) is 0.456. The molecule has 1 amide bonds. The van der Waals surface area contributed by atoms with Crippen molar-refractivity contribution >= 4 is 40.5 Å². The number of nitrogens with zero attached hydrogens (tertiary/aromatic N) is 4. The molecule has 0 radical (unpaired) electrons. The van der Waals surface area contributed by atoms with E-state index in [0.717, 1.165) is 0 Å². The summed E-state index contributed by atoms with van der Waals surface area (Å²) in [6.45, 7) is 3.67. The standard InChI is InChI=1S/C19H15N5O4S/c1-2-11-29-19-21-18(25)17-13-5-3-4-6-14(13)20-15(23(17)22-19)9-7-12-8-10-16(28-12)24(26)27/h2-10,15H,1,11H2,(H,21,22,25)/b9-7+. The number of hydrazone groups is 1. The van der Waals surface area contributed by atoms with Gasteiger partial charge in [0.2, 0.25) is 0 Å². The van der Waals surface area contributed by atoms with Gasteiger partial charge in [-0.05, 0) is 24.3 Å². The van der Waals surface area contributed by atoms with E-state index in [9.17, 15) is 14.9 Å². The fourth-order valence-corrected chi connectivity index (χ4v) is 3.48. The van der Waals surface area contributed by atoms with Gasteiger partial charge in [-0.1, -0.05) is 36.0 Å². The molecule has 3 heterocycles. The van der Waals surface area contributed by atoms with E-state index in [0.29, 0.717) is 33.0 Å². The Kier molecular flexibility index (Phi) is 5.00. The molecule has 1 aromatic carbocycles. The molecule has 1 atom stereocenters. The summed E-state index contributed by atoms with van der Waals surface area (Å²) in [6.07, 6.45) is 4.35. The Morgan fingerprint density at radius 1 is 1.34 bits per heavy atom.